The van der Waals surface area contributed by atoms with Crippen LogP contribution >= 0.6 is 11.8 Å². The number of benzene rings is 1. The van der Waals surface area contributed by atoms with Gasteiger partial charge in [0.25, 0.3) is 5.69 Å². The minimum Gasteiger partial charge on any atom is -0.388 e. The Bertz CT molecular complexity index is 466. The number of hydrogen-bond acceptors (Lipinski definition) is 5. The second kappa shape index (κ2) is 8.36. The highest BCUT2D eigenvalue weighted by Crippen LogP contribution is 2.23. The largest absolute Gasteiger partial charge is 0.388 e. The fraction of sp³-hybridized carbons (Fsp3) is 0.600. The van der Waals surface area contributed by atoms with E-state index in [2.05, 4.69) is 12.2 Å². The van der Waals surface area contributed by atoms with Crippen molar-refractivity contribution in [1.29, 1.82) is 0 Å². The number of nitro groups is 1. The predicted molar refractivity (Wildman–Crippen MR) is 87.8 cm³/mol. The number of hydrogen-bond donors (Lipinski definition) is 2. The zero-order valence-electron chi connectivity index (χ0n) is 12.8. The molecule has 0 bridgehead atoms. The van der Waals surface area contributed by atoms with Crippen molar-refractivity contribution in [2.75, 3.05) is 18.6 Å². The van der Waals surface area contributed by atoms with Crippen LogP contribution in [0.5, 0.6) is 0 Å². The predicted octanol–water partition coefficient (Wildman–Crippen LogP) is 3.14. The van der Waals surface area contributed by atoms with Crippen molar-refractivity contribution in [3.63, 3.8) is 0 Å². The maximum absolute atomic E-state index is 10.9. The topological polar surface area (TPSA) is 75.4 Å². The Morgan fingerprint density at radius 3 is 2.81 bits per heavy atom. The molecule has 0 aliphatic rings. The van der Waals surface area contributed by atoms with E-state index in [-0.39, 0.29) is 16.7 Å². The van der Waals surface area contributed by atoms with E-state index in [0.29, 0.717) is 12.3 Å². The third-order valence-electron chi connectivity index (χ3n) is 3.25. The van der Waals surface area contributed by atoms with Crippen LogP contribution in [0.25, 0.3) is 0 Å². The van der Waals surface area contributed by atoms with Crippen LogP contribution in [0, 0.1) is 10.1 Å². The molecule has 21 heavy (non-hydrogen) atoms. The molecule has 0 saturated heterocycles. The Morgan fingerprint density at radius 2 is 2.24 bits per heavy atom. The van der Waals surface area contributed by atoms with Crippen LogP contribution < -0.4 is 5.32 Å². The van der Waals surface area contributed by atoms with Gasteiger partial charge in [-0.05, 0) is 25.2 Å². The summed E-state index contributed by atoms with van der Waals surface area (Å²) in [6.07, 6.45) is 3.79. The monoisotopic (exact) mass is 312 g/mol. The molecule has 2 unspecified atom stereocenters. The van der Waals surface area contributed by atoms with Crippen molar-refractivity contribution >= 4 is 17.4 Å². The second-order valence-electron chi connectivity index (χ2n) is 5.50. The van der Waals surface area contributed by atoms with Gasteiger partial charge in [0.2, 0.25) is 0 Å². The van der Waals surface area contributed by atoms with Gasteiger partial charge in [0.05, 0.1) is 10.5 Å². The van der Waals surface area contributed by atoms with E-state index in [0.717, 1.165) is 18.4 Å². The third kappa shape index (κ3) is 6.03. The summed E-state index contributed by atoms with van der Waals surface area (Å²) in [6.45, 7) is 4.33. The van der Waals surface area contributed by atoms with Crippen molar-refractivity contribution in [2.24, 2.45) is 0 Å². The molecule has 0 aliphatic heterocycles. The molecule has 0 aromatic heterocycles. The van der Waals surface area contributed by atoms with Gasteiger partial charge in [0.1, 0.15) is 0 Å². The zero-order chi connectivity index (χ0) is 15.9. The molecule has 0 fully saturated rings. The van der Waals surface area contributed by atoms with Crippen molar-refractivity contribution in [3.8, 4) is 0 Å². The standard InChI is InChI=1S/C15H24N2O3S/c1-4-6-14(16-10-15(2,18)11-21-3)12-7-5-8-13(9-12)17(19)20/h5,7-9,14,16,18H,4,6,10-11H2,1-3H3. The molecule has 1 rings (SSSR count). The van der Waals surface area contributed by atoms with Gasteiger partial charge in [-0.3, -0.25) is 10.1 Å². The lowest BCUT2D eigenvalue weighted by molar-refractivity contribution is -0.384. The molecule has 0 amide bonds. The number of nitrogens with one attached hydrogen (secondary N) is 1. The Morgan fingerprint density at radius 1 is 1.52 bits per heavy atom. The molecular formula is C15H24N2O3S. The summed E-state index contributed by atoms with van der Waals surface area (Å²) in [4.78, 5) is 10.5. The Balaban J connectivity index is 2.81. The van der Waals surface area contributed by atoms with E-state index in [1.807, 2.05) is 12.3 Å². The molecule has 5 nitrogen and oxygen atoms in total. The summed E-state index contributed by atoms with van der Waals surface area (Å²) >= 11 is 1.60. The second-order valence-corrected chi connectivity index (χ2v) is 6.37. The summed E-state index contributed by atoms with van der Waals surface area (Å²) in [5.41, 5.74) is 0.212. The molecule has 1 aromatic carbocycles. The number of nitrogens with zero attached hydrogens (tertiary/aromatic N) is 1. The molecule has 0 heterocycles. The fourth-order valence-corrected chi connectivity index (χ4v) is 2.96. The van der Waals surface area contributed by atoms with Gasteiger partial charge in [0.15, 0.2) is 0 Å². The zero-order valence-corrected chi connectivity index (χ0v) is 13.7. The molecule has 0 radical (unpaired) electrons. The van der Waals surface area contributed by atoms with E-state index in [4.69, 9.17) is 0 Å². The number of rotatable bonds is 9. The van der Waals surface area contributed by atoms with Crippen LogP contribution in [0.15, 0.2) is 24.3 Å². The normalized spacial score (nSPS) is 15.4. The number of non-ortho nitro benzene ring substituents is 1. The summed E-state index contributed by atoms with van der Waals surface area (Å²) in [5, 5.41) is 24.5. The molecule has 6 heteroatoms. The van der Waals surface area contributed by atoms with Gasteiger partial charge >= 0.3 is 0 Å². The van der Waals surface area contributed by atoms with E-state index < -0.39 is 5.60 Å². The lowest BCUT2D eigenvalue weighted by Gasteiger charge is -2.27. The van der Waals surface area contributed by atoms with E-state index in [1.165, 1.54) is 6.07 Å². The van der Waals surface area contributed by atoms with Gasteiger partial charge in [-0.1, -0.05) is 25.5 Å². The van der Waals surface area contributed by atoms with Crippen molar-refractivity contribution < 1.29 is 10.0 Å². The van der Waals surface area contributed by atoms with E-state index >= 15 is 0 Å². The number of aliphatic hydroxyl groups is 1. The molecule has 0 spiro atoms. The van der Waals surface area contributed by atoms with Gasteiger partial charge in [-0.2, -0.15) is 11.8 Å². The summed E-state index contributed by atoms with van der Waals surface area (Å²) in [7, 11) is 0. The Kier molecular flexibility index (Phi) is 7.14. The molecule has 1 aromatic rings. The summed E-state index contributed by atoms with van der Waals surface area (Å²) < 4.78 is 0. The van der Waals surface area contributed by atoms with Crippen molar-refractivity contribution in [1.82, 2.24) is 5.32 Å². The summed E-state index contributed by atoms with van der Waals surface area (Å²) in [6, 6.07) is 6.72. The van der Waals surface area contributed by atoms with Crippen LogP contribution in [0.3, 0.4) is 0 Å². The first-order chi connectivity index (χ1) is 9.89. The van der Waals surface area contributed by atoms with Crippen LogP contribution in [-0.4, -0.2) is 34.2 Å². The first-order valence-electron chi connectivity index (χ1n) is 7.08. The third-order valence-corrected chi connectivity index (χ3v) is 4.16. The highest BCUT2D eigenvalue weighted by Gasteiger charge is 2.22. The average Bonchev–Trinajstić information content (AvgIpc) is 2.43. The molecule has 118 valence electrons. The average molecular weight is 312 g/mol. The van der Waals surface area contributed by atoms with Gasteiger partial charge in [0, 0.05) is 30.5 Å². The van der Waals surface area contributed by atoms with Gasteiger partial charge < -0.3 is 10.4 Å². The van der Waals surface area contributed by atoms with Crippen LogP contribution in [0.4, 0.5) is 5.69 Å². The fourth-order valence-electron chi connectivity index (χ4n) is 2.24. The number of nitro benzene ring substituents is 1. The highest BCUT2D eigenvalue weighted by atomic mass is 32.2. The van der Waals surface area contributed by atoms with Crippen LogP contribution in [0.1, 0.15) is 38.3 Å². The maximum atomic E-state index is 10.9. The first kappa shape index (κ1) is 17.9. The summed E-state index contributed by atoms with van der Waals surface area (Å²) in [5.74, 6) is 0.647. The molecule has 2 atom stereocenters. The van der Waals surface area contributed by atoms with Crippen molar-refractivity contribution in [2.45, 2.75) is 38.3 Å². The Labute approximate surface area is 130 Å². The van der Waals surface area contributed by atoms with Crippen LogP contribution in [-0.2, 0) is 0 Å². The Hall–Kier alpha value is -1.11. The maximum Gasteiger partial charge on any atom is 0.269 e. The molecule has 2 N–H and O–H groups in total. The quantitative estimate of drug-likeness (QED) is 0.541. The SMILES string of the molecule is CCCC(NCC(C)(O)CSC)c1cccc([N+](=O)[O-])c1. The molecule has 0 aliphatic carbocycles. The lowest BCUT2D eigenvalue weighted by Crippen LogP contribution is -2.41. The molecule has 0 saturated carbocycles. The van der Waals surface area contributed by atoms with E-state index in [1.54, 1.807) is 30.8 Å². The minimum atomic E-state index is -0.786. The minimum absolute atomic E-state index is 0.0169. The lowest BCUT2D eigenvalue weighted by atomic mass is 10.0. The molecular weight excluding hydrogens is 288 g/mol. The van der Waals surface area contributed by atoms with Gasteiger partial charge in [-0.25, -0.2) is 0 Å². The number of thioether (sulfide) groups is 1. The smallest absolute Gasteiger partial charge is 0.269 e. The first-order valence-corrected chi connectivity index (χ1v) is 8.48. The van der Waals surface area contributed by atoms with Crippen molar-refractivity contribution in [3.05, 3.63) is 39.9 Å². The van der Waals surface area contributed by atoms with Crippen LogP contribution in [0.2, 0.25) is 0 Å². The van der Waals surface area contributed by atoms with E-state index in [9.17, 15) is 15.2 Å². The van der Waals surface area contributed by atoms with Gasteiger partial charge in [-0.15, -0.1) is 0 Å². The highest BCUT2D eigenvalue weighted by molar-refractivity contribution is 7.98.